The number of nitrogens with zero attached hydrogens (tertiary/aromatic N) is 1. The molecule has 1 aromatic heterocycles. The van der Waals surface area contributed by atoms with Gasteiger partial charge in [0.05, 0.1) is 19.1 Å². The number of halogens is 1. The molecule has 0 aliphatic heterocycles. The molecular formula is C11H12FNO2. The fraction of sp³-hybridized carbons (Fsp3) is 0.273. The Kier molecular flexibility index (Phi) is 3.97. The van der Waals surface area contributed by atoms with Gasteiger partial charge in [0.1, 0.15) is 11.5 Å². The Bertz CT molecular complexity index is 371. The highest BCUT2D eigenvalue weighted by molar-refractivity contribution is 6.06. The van der Waals surface area contributed by atoms with Crippen LogP contribution in [-0.2, 0) is 4.74 Å². The van der Waals surface area contributed by atoms with Gasteiger partial charge in [-0.25, -0.2) is 9.37 Å². The lowest BCUT2D eigenvalue weighted by Gasteiger charge is -2.00. The van der Waals surface area contributed by atoms with E-state index < -0.39 is 5.82 Å². The Morgan fingerprint density at radius 1 is 1.60 bits per heavy atom. The summed E-state index contributed by atoms with van der Waals surface area (Å²) in [6, 6.07) is 2.55. The van der Waals surface area contributed by atoms with Gasteiger partial charge in [-0.05, 0) is 26.0 Å². The lowest BCUT2D eigenvalue weighted by atomic mass is 10.1. The Labute approximate surface area is 87.6 Å². The molecule has 0 radical (unpaired) electrons. The summed E-state index contributed by atoms with van der Waals surface area (Å²) in [6.45, 7) is 3.95. The van der Waals surface area contributed by atoms with Crippen molar-refractivity contribution in [3.63, 3.8) is 0 Å². The fourth-order valence-electron chi connectivity index (χ4n) is 0.974. The summed E-state index contributed by atoms with van der Waals surface area (Å²) in [5, 5.41) is 0. The summed E-state index contributed by atoms with van der Waals surface area (Å²) >= 11 is 0. The first-order valence-electron chi connectivity index (χ1n) is 4.59. The van der Waals surface area contributed by atoms with Crippen molar-refractivity contribution >= 4 is 5.78 Å². The second-order valence-corrected chi connectivity index (χ2v) is 2.95. The molecule has 0 aliphatic rings. The van der Waals surface area contributed by atoms with Crippen LogP contribution >= 0.6 is 0 Å². The minimum absolute atomic E-state index is 0.213. The normalized spacial score (nSPS) is 11.3. The molecular weight excluding hydrogens is 197 g/mol. The van der Waals surface area contributed by atoms with Crippen LogP contribution in [0.15, 0.2) is 30.2 Å². The maximum atomic E-state index is 12.5. The monoisotopic (exact) mass is 209 g/mol. The highest BCUT2D eigenvalue weighted by Gasteiger charge is 2.09. The van der Waals surface area contributed by atoms with Crippen LogP contribution in [0.2, 0.25) is 0 Å². The molecule has 1 rings (SSSR count). The van der Waals surface area contributed by atoms with Crippen LogP contribution in [0.4, 0.5) is 4.39 Å². The molecule has 0 atom stereocenters. The second-order valence-electron chi connectivity index (χ2n) is 2.95. The minimum Gasteiger partial charge on any atom is -0.501 e. The van der Waals surface area contributed by atoms with Crippen molar-refractivity contribution in [1.29, 1.82) is 0 Å². The summed E-state index contributed by atoms with van der Waals surface area (Å²) in [4.78, 5) is 15.3. The van der Waals surface area contributed by atoms with Gasteiger partial charge in [0.25, 0.3) is 0 Å². The lowest BCUT2D eigenvalue weighted by Crippen LogP contribution is -2.04. The van der Waals surface area contributed by atoms with Crippen LogP contribution in [0, 0.1) is 5.82 Å². The van der Waals surface area contributed by atoms with Crippen LogP contribution in [0.5, 0.6) is 0 Å². The van der Waals surface area contributed by atoms with Gasteiger partial charge in [-0.1, -0.05) is 0 Å². The van der Waals surface area contributed by atoms with Crippen molar-refractivity contribution in [3.05, 3.63) is 41.7 Å². The van der Waals surface area contributed by atoms with Gasteiger partial charge in [-0.2, -0.15) is 0 Å². The van der Waals surface area contributed by atoms with Gasteiger partial charge < -0.3 is 4.74 Å². The number of carbonyl (C=O) groups is 1. The molecule has 0 aliphatic carbocycles. The zero-order valence-corrected chi connectivity index (χ0v) is 8.66. The van der Waals surface area contributed by atoms with Crippen LogP contribution < -0.4 is 0 Å². The van der Waals surface area contributed by atoms with E-state index in [1.807, 2.05) is 6.92 Å². The lowest BCUT2D eigenvalue weighted by molar-refractivity contribution is 0.102. The first kappa shape index (κ1) is 11.4. The third kappa shape index (κ3) is 3.16. The molecule has 0 N–H and O–H groups in total. The van der Waals surface area contributed by atoms with Crippen molar-refractivity contribution in [1.82, 2.24) is 4.98 Å². The van der Waals surface area contributed by atoms with Crippen molar-refractivity contribution in [2.45, 2.75) is 13.8 Å². The van der Waals surface area contributed by atoms with Gasteiger partial charge in [-0.15, -0.1) is 0 Å². The number of allylic oxidation sites excluding steroid dienone is 1. The van der Waals surface area contributed by atoms with Gasteiger partial charge in [-0.3, -0.25) is 4.79 Å². The van der Waals surface area contributed by atoms with E-state index in [9.17, 15) is 9.18 Å². The molecule has 1 heterocycles. The summed E-state index contributed by atoms with van der Waals surface area (Å²) in [7, 11) is 0. The summed E-state index contributed by atoms with van der Waals surface area (Å²) < 4.78 is 17.5. The number of aromatic nitrogens is 1. The smallest absolute Gasteiger partial charge is 0.210 e. The van der Waals surface area contributed by atoms with E-state index in [0.717, 1.165) is 6.20 Å². The predicted octanol–water partition coefficient (Wildman–Crippen LogP) is 2.34. The van der Waals surface area contributed by atoms with E-state index in [2.05, 4.69) is 4.98 Å². The van der Waals surface area contributed by atoms with E-state index in [4.69, 9.17) is 4.74 Å². The third-order valence-electron chi connectivity index (χ3n) is 1.74. The number of carbonyl (C=O) groups excluding carboxylic acids is 1. The van der Waals surface area contributed by atoms with E-state index in [1.165, 1.54) is 18.4 Å². The summed E-state index contributed by atoms with van der Waals surface area (Å²) in [6.07, 6.45) is 2.40. The highest BCUT2D eigenvalue weighted by atomic mass is 19.1. The molecule has 1 aromatic rings. The third-order valence-corrected chi connectivity index (χ3v) is 1.74. The molecule has 0 bridgehead atoms. The number of ketones is 1. The number of hydrogen-bond donors (Lipinski definition) is 0. The first-order valence-corrected chi connectivity index (χ1v) is 4.59. The summed E-state index contributed by atoms with van der Waals surface area (Å²) in [5.74, 6) is -0.721. The second kappa shape index (κ2) is 5.24. The number of hydrogen-bond acceptors (Lipinski definition) is 3. The largest absolute Gasteiger partial charge is 0.501 e. The molecule has 0 amide bonds. The zero-order valence-electron chi connectivity index (χ0n) is 8.66. The zero-order chi connectivity index (χ0) is 11.3. The molecule has 0 saturated heterocycles. The van der Waals surface area contributed by atoms with Crippen LogP contribution in [0.25, 0.3) is 0 Å². The van der Waals surface area contributed by atoms with Crippen LogP contribution in [0.1, 0.15) is 24.3 Å². The molecule has 0 fully saturated rings. The maximum absolute atomic E-state index is 12.5. The molecule has 0 aromatic carbocycles. The minimum atomic E-state index is -0.460. The molecule has 3 nitrogen and oxygen atoms in total. The summed E-state index contributed by atoms with van der Waals surface area (Å²) in [5.41, 5.74) is 0.654. The van der Waals surface area contributed by atoms with E-state index in [0.29, 0.717) is 12.2 Å². The predicted molar refractivity (Wildman–Crippen MR) is 53.9 cm³/mol. The van der Waals surface area contributed by atoms with Gasteiger partial charge in [0.15, 0.2) is 0 Å². The Morgan fingerprint density at radius 2 is 2.33 bits per heavy atom. The molecule has 0 saturated carbocycles. The van der Waals surface area contributed by atoms with Crippen molar-refractivity contribution < 1.29 is 13.9 Å². The van der Waals surface area contributed by atoms with Crippen molar-refractivity contribution in [3.8, 4) is 0 Å². The molecule has 4 heteroatoms. The van der Waals surface area contributed by atoms with E-state index >= 15 is 0 Å². The molecule has 15 heavy (non-hydrogen) atoms. The number of Topliss-reactive ketones (excluding diaryl/α,β-unsaturated/α-hetero) is 1. The van der Waals surface area contributed by atoms with Gasteiger partial charge in [0, 0.05) is 5.57 Å². The Morgan fingerprint density at radius 3 is 2.87 bits per heavy atom. The van der Waals surface area contributed by atoms with Crippen molar-refractivity contribution in [2.24, 2.45) is 0 Å². The van der Waals surface area contributed by atoms with Crippen molar-refractivity contribution in [2.75, 3.05) is 6.61 Å². The SMILES string of the molecule is CCO/C=C(/C)C(=O)c1ccc(F)cn1. The fourth-order valence-corrected chi connectivity index (χ4v) is 0.974. The standard InChI is InChI=1S/C11H12FNO2/c1-3-15-7-8(2)11(14)10-5-4-9(12)6-13-10/h4-7H,3H2,1-2H3/b8-7-. The van der Waals surface area contributed by atoms with E-state index in [1.54, 1.807) is 6.92 Å². The quantitative estimate of drug-likeness (QED) is 0.434. The van der Waals surface area contributed by atoms with E-state index in [-0.39, 0.29) is 11.5 Å². The van der Waals surface area contributed by atoms with Gasteiger partial charge in [0.2, 0.25) is 5.78 Å². The average Bonchev–Trinajstić information content (AvgIpc) is 2.26. The van der Waals surface area contributed by atoms with Crippen LogP contribution in [0.3, 0.4) is 0 Å². The maximum Gasteiger partial charge on any atom is 0.210 e. The highest BCUT2D eigenvalue weighted by Crippen LogP contribution is 2.06. The average molecular weight is 209 g/mol. The number of pyridine rings is 1. The first-order chi connectivity index (χ1) is 7.15. The van der Waals surface area contributed by atoms with Crippen LogP contribution in [-0.4, -0.2) is 17.4 Å². The molecule has 80 valence electrons. The number of rotatable bonds is 4. The Hall–Kier alpha value is -1.71. The van der Waals surface area contributed by atoms with Gasteiger partial charge >= 0.3 is 0 Å². The topological polar surface area (TPSA) is 39.2 Å². The molecule has 0 unspecified atom stereocenters. The molecule has 0 spiro atoms. The Balaban J connectivity index is 2.80. The number of ether oxygens (including phenoxy) is 1.